The zero-order valence-electron chi connectivity index (χ0n) is 15.6. The molecule has 2 bridgehead atoms. The van der Waals surface area contributed by atoms with Gasteiger partial charge >= 0.3 is 5.97 Å². The maximum atomic E-state index is 13.0. The minimum atomic E-state index is -0.930. The molecule has 0 spiro atoms. The number of allylic oxidation sites excluding steroid dienone is 2. The maximum Gasteiger partial charge on any atom is 0.307 e. The average Bonchev–Trinajstić information content (AvgIpc) is 3.35. The summed E-state index contributed by atoms with van der Waals surface area (Å²) in [6, 6.07) is 10.1. The number of carbonyl (C=O) groups excluding carboxylic acids is 1. The van der Waals surface area contributed by atoms with Crippen LogP contribution in [0.1, 0.15) is 22.4 Å². The molecule has 0 aliphatic heterocycles. The van der Waals surface area contributed by atoms with Crippen molar-refractivity contribution in [1.29, 1.82) is 5.26 Å². The quantitative estimate of drug-likeness (QED) is 0.756. The SMILES string of the molecule is Cc1ccc(-c2c(C)sc(NC(=O)[C@H]3[C@H](C(=O)O)[C@H]4C=C[C@H]3C4)c2C#N)cc1. The van der Waals surface area contributed by atoms with E-state index >= 15 is 0 Å². The van der Waals surface area contributed by atoms with Crippen LogP contribution < -0.4 is 5.32 Å². The molecule has 6 heteroatoms. The molecule has 2 N–H and O–H groups in total. The van der Waals surface area contributed by atoms with Crippen LogP contribution in [0.4, 0.5) is 5.00 Å². The second-order valence-electron chi connectivity index (χ2n) is 7.54. The standard InChI is InChI=1S/C22H20N2O3S/c1-11-3-5-13(6-4-11)17-12(2)28-21(16(17)10-23)24-20(25)18-14-7-8-15(9-14)19(18)22(26)27/h3-8,14-15,18-19H,9H2,1-2H3,(H,24,25)(H,26,27)/t14-,15-,18+,19+/m0/s1. The summed E-state index contributed by atoms with van der Waals surface area (Å²) in [5, 5.41) is 22.7. The summed E-state index contributed by atoms with van der Waals surface area (Å²) in [7, 11) is 0. The zero-order valence-corrected chi connectivity index (χ0v) is 16.4. The first-order valence-corrected chi connectivity index (χ1v) is 10.0. The fourth-order valence-corrected chi connectivity index (χ4v) is 5.55. The van der Waals surface area contributed by atoms with Crippen molar-refractivity contribution in [2.75, 3.05) is 5.32 Å². The van der Waals surface area contributed by atoms with E-state index in [1.54, 1.807) is 0 Å². The number of fused-ring (bicyclic) bond motifs is 2. The number of nitrogens with one attached hydrogen (secondary N) is 1. The van der Waals surface area contributed by atoms with Gasteiger partial charge in [-0.2, -0.15) is 5.26 Å². The minimum absolute atomic E-state index is 0.0470. The van der Waals surface area contributed by atoms with Crippen LogP contribution in [0.25, 0.3) is 11.1 Å². The summed E-state index contributed by atoms with van der Waals surface area (Å²) in [6.45, 7) is 3.93. The number of carboxylic acid groups (broad SMARTS) is 1. The van der Waals surface area contributed by atoms with Gasteiger partial charge in [-0.25, -0.2) is 0 Å². The highest BCUT2D eigenvalue weighted by Gasteiger charge is 2.51. The third-order valence-electron chi connectivity index (χ3n) is 5.82. The number of carboxylic acids is 1. The van der Waals surface area contributed by atoms with Gasteiger partial charge in [0.25, 0.3) is 0 Å². The summed E-state index contributed by atoms with van der Waals surface area (Å²) in [5.41, 5.74) is 3.33. The van der Waals surface area contributed by atoms with Crippen molar-refractivity contribution in [1.82, 2.24) is 0 Å². The molecule has 28 heavy (non-hydrogen) atoms. The van der Waals surface area contributed by atoms with Gasteiger partial charge in [-0.3, -0.25) is 9.59 Å². The Morgan fingerprint density at radius 1 is 1.14 bits per heavy atom. The largest absolute Gasteiger partial charge is 0.481 e. The van der Waals surface area contributed by atoms with Crippen molar-refractivity contribution in [3.63, 3.8) is 0 Å². The van der Waals surface area contributed by atoms with Crippen LogP contribution >= 0.6 is 11.3 Å². The highest BCUT2D eigenvalue weighted by atomic mass is 32.1. The Morgan fingerprint density at radius 3 is 2.39 bits per heavy atom. The van der Waals surface area contributed by atoms with E-state index in [-0.39, 0.29) is 17.7 Å². The van der Waals surface area contributed by atoms with Gasteiger partial charge in [-0.05, 0) is 37.7 Å². The average molecular weight is 392 g/mol. The first-order valence-electron chi connectivity index (χ1n) is 9.23. The highest BCUT2D eigenvalue weighted by Crippen LogP contribution is 2.49. The van der Waals surface area contributed by atoms with Gasteiger partial charge in [0.15, 0.2) is 0 Å². The summed E-state index contributed by atoms with van der Waals surface area (Å²) < 4.78 is 0. The van der Waals surface area contributed by atoms with Gasteiger partial charge in [0.1, 0.15) is 11.1 Å². The molecule has 1 aromatic carbocycles. The second-order valence-corrected chi connectivity index (χ2v) is 8.77. The van der Waals surface area contributed by atoms with E-state index in [1.165, 1.54) is 11.3 Å². The Balaban J connectivity index is 1.66. The molecule has 1 heterocycles. The molecule has 142 valence electrons. The number of rotatable bonds is 4. The van der Waals surface area contributed by atoms with E-state index < -0.39 is 17.8 Å². The molecule has 4 rings (SSSR count). The predicted molar refractivity (Wildman–Crippen MR) is 108 cm³/mol. The van der Waals surface area contributed by atoms with Crippen molar-refractivity contribution in [2.24, 2.45) is 23.7 Å². The Morgan fingerprint density at radius 2 is 1.79 bits per heavy atom. The van der Waals surface area contributed by atoms with E-state index in [0.717, 1.165) is 21.6 Å². The van der Waals surface area contributed by atoms with Gasteiger partial charge in [0.05, 0.1) is 17.4 Å². The van der Waals surface area contributed by atoms with E-state index in [9.17, 15) is 20.0 Å². The topological polar surface area (TPSA) is 90.2 Å². The number of nitriles is 1. The lowest BCUT2D eigenvalue weighted by atomic mass is 9.82. The lowest BCUT2D eigenvalue weighted by molar-refractivity contribution is -0.146. The van der Waals surface area contributed by atoms with Crippen LogP contribution in [0.15, 0.2) is 36.4 Å². The zero-order chi connectivity index (χ0) is 20.0. The molecular weight excluding hydrogens is 372 g/mol. The van der Waals surface area contributed by atoms with Gasteiger partial charge < -0.3 is 10.4 Å². The Kier molecular flexibility index (Phi) is 4.56. The molecule has 2 aliphatic carbocycles. The summed E-state index contributed by atoms with van der Waals surface area (Å²) in [5.74, 6) is -2.66. The van der Waals surface area contributed by atoms with Crippen molar-refractivity contribution in [3.05, 3.63) is 52.4 Å². The summed E-state index contributed by atoms with van der Waals surface area (Å²) >= 11 is 1.36. The molecule has 1 amide bonds. The van der Waals surface area contributed by atoms with Crippen LogP contribution in [0.2, 0.25) is 0 Å². The predicted octanol–water partition coefficient (Wildman–Crippen LogP) is 4.37. The van der Waals surface area contributed by atoms with E-state index in [1.807, 2.05) is 50.3 Å². The van der Waals surface area contributed by atoms with Gasteiger partial charge in [0.2, 0.25) is 5.91 Å². The summed E-state index contributed by atoms with van der Waals surface area (Å²) in [4.78, 5) is 25.6. The maximum absolute atomic E-state index is 13.0. The van der Waals surface area contributed by atoms with E-state index in [2.05, 4.69) is 11.4 Å². The molecule has 0 unspecified atom stereocenters. The number of anilines is 1. The third kappa shape index (κ3) is 2.92. The minimum Gasteiger partial charge on any atom is -0.481 e. The van der Waals surface area contributed by atoms with Crippen molar-refractivity contribution in [3.8, 4) is 17.2 Å². The number of thiophene rings is 1. The number of hydrogen-bond donors (Lipinski definition) is 2. The third-order valence-corrected chi connectivity index (χ3v) is 6.84. The Hall–Kier alpha value is -2.91. The molecule has 1 fully saturated rings. The Bertz CT molecular complexity index is 1030. The Labute approximate surface area is 167 Å². The fraction of sp³-hybridized carbons (Fsp3) is 0.318. The van der Waals surface area contributed by atoms with Gasteiger partial charge in [-0.1, -0.05) is 42.0 Å². The smallest absolute Gasteiger partial charge is 0.307 e. The normalized spacial score (nSPS) is 24.9. The van der Waals surface area contributed by atoms with Crippen LogP contribution in [0.3, 0.4) is 0 Å². The van der Waals surface area contributed by atoms with Crippen LogP contribution in [0, 0.1) is 48.9 Å². The molecule has 1 aromatic heterocycles. The monoisotopic (exact) mass is 392 g/mol. The number of benzene rings is 1. The molecule has 5 nitrogen and oxygen atoms in total. The molecular formula is C22H20N2O3S. The first kappa shape index (κ1) is 18.5. The summed E-state index contributed by atoms with van der Waals surface area (Å²) in [6.07, 6.45) is 4.58. The molecule has 0 saturated heterocycles. The number of aliphatic carboxylic acids is 1. The van der Waals surface area contributed by atoms with Crippen molar-refractivity contribution in [2.45, 2.75) is 20.3 Å². The lowest BCUT2D eigenvalue weighted by Gasteiger charge is -2.23. The van der Waals surface area contributed by atoms with Crippen LogP contribution in [0.5, 0.6) is 0 Å². The second kappa shape index (κ2) is 6.92. The molecule has 4 atom stereocenters. The van der Waals surface area contributed by atoms with Crippen LogP contribution in [-0.2, 0) is 9.59 Å². The number of amides is 1. The first-order chi connectivity index (χ1) is 13.4. The molecule has 1 saturated carbocycles. The molecule has 2 aliphatic rings. The number of nitrogens with zero attached hydrogens (tertiary/aromatic N) is 1. The van der Waals surface area contributed by atoms with E-state index in [0.29, 0.717) is 17.0 Å². The highest BCUT2D eigenvalue weighted by molar-refractivity contribution is 7.17. The van der Waals surface area contributed by atoms with Crippen molar-refractivity contribution >= 4 is 28.2 Å². The van der Waals surface area contributed by atoms with Crippen LogP contribution in [-0.4, -0.2) is 17.0 Å². The van der Waals surface area contributed by atoms with E-state index in [4.69, 9.17) is 0 Å². The number of aryl methyl sites for hydroxylation is 2. The number of hydrogen-bond acceptors (Lipinski definition) is 4. The van der Waals surface area contributed by atoms with Gasteiger partial charge in [0, 0.05) is 10.4 Å². The van der Waals surface area contributed by atoms with Crippen molar-refractivity contribution < 1.29 is 14.7 Å². The molecule has 0 radical (unpaired) electrons. The molecule has 2 aromatic rings. The lowest BCUT2D eigenvalue weighted by Crippen LogP contribution is -2.36. The van der Waals surface area contributed by atoms with Gasteiger partial charge in [-0.15, -0.1) is 11.3 Å². The number of carbonyl (C=O) groups is 2. The fourth-order valence-electron chi connectivity index (χ4n) is 4.52.